The fraction of sp³-hybridized carbons (Fsp3) is 0.400. The van der Waals surface area contributed by atoms with Gasteiger partial charge in [-0.2, -0.15) is 0 Å². The lowest BCUT2D eigenvalue weighted by molar-refractivity contribution is 0.606. The van der Waals surface area contributed by atoms with Gasteiger partial charge in [-0.05, 0) is 15.9 Å². The van der Waals surface area contributed by atoms with Crippen molar-refractivity contribution in [1.29, 1.82) is 0 Å². The van der Waals surface area contributed by atoms with Crippen molar-refractivity contribution in [3.63, 3.8) is 0 Å². The molecule has 13 heavy (non-hydrogen) atoms. The van der Waals surface area contributed by atoms with Crippen LogP contribution < -0.4 is 0 Å². The fourth-order valence-electron chi connectivity index (χ4n) is 0.697. The molecule has 5 nitrogen and oxygen atoms in total. The number of nitrogens with zero attached hydrogens (tertiary/aromatic N) is 1. The van der Waals surface area contributed by atoms with Gasteiger partial charge in [0.15, 0.2) is 0 Å². The zero-order valence-corrected chi connectivity index (χ0v) is 9.78. The van der Waals surface area contributed by atoms with Gasteiger partial charge in [0.1, 0.15) is 3.81 Å². The van der Waals surface area contributed by atoms with Gasteiger partial charge in [-0.25, -0.2) is 21.8 Å². The standard InChI is InChI=1S/C5H6BrNO4S2/c1-2-12(8,9)5-7-3-4(6)13(5,10)11/h3H,2H2,1H3. The summed E-state index contributed by atoms with van der Waals surface area (Å²) in [7, 11) is -7.65. The van der Waals surface area contributed by atoms with Gasteiger partial charge in [-0.3, -0.25) is 0 Å². The molecule has 1 rings (SSSR count). The number of sulfone groups is 2. The van der Waals surface area contributed by atoms with Gasteiger partial charge in [0, 0.05) is 0 Å². The lowest BCUT2D eigenvalue weighted by atomic mass is 11.0. The molecule has 0 aliphatic carbocycles. The highest BCUT2D eigenvalue weighted by Crippen LogP contribution is 2.25. The third kappa shape index (κ3) is 1.70. The Labute approximate surface area is 84.5 Å². The first-order chi connectivity index (χ1) is 5.82. The van der Waals surface area contributed by atoms with Crippen molar-refractivity contribution >= 4 is 40.0 Å². The molecule has 8 heteroatoms. The van der Waals surface area contributed by atoms with Crippen molar-refractivity contribution in [2.24, 2.45) is 4.99 Å². The first kappa shape index (κ1) is 10.9. The summed E-state index contributed by atoms with van der Waals surface area (Å²) in [6, 6.07) is 0. The first-order valence-electron chi connectivity index (χ1n) is 3.23. The van der Waals surface area contributed by atoms with Crippen LogP contribution in [0.15, 0.2) is 15.0 Å². The van der Waals surface area contributed by atoms with Crippen LogP contribution >= 0.6 is 15.9 Å². The van der Waals surface area contributed by atoms with Gasteiger partial charge in [0.2, 0.25) is 19.7 Å². The van der Waals surface area contributed by atoms with Crippen LogP contribution in [0.5, 0.6) is 0 Å². The second-order valence-corrected chi connectivity index (χ2v) is 7.90. The van der Waals surface area contributed by atoms with E-state index in [2.05, 4.69) is 20.9 Å². The summed E-state index contributed by atoms with van der Waals surface area (Å²) in [5.74, 6) is -0.279. The minimum absolute atomic E-state index is 0.216. The molecular formula is C5H6BrNO4S2. The van der Waals surface area contributed by atoms with E-state index in [9.17, 15) is 16.8 Å². The molecule has 0 atom stereocenters. The molecule has 0 amide bonds. The molecule has 0 saturated carbocycles. The first-order valence-corrected chi connectivity index (χ1v) is 7.16. The zero-order valence-electron chi connectivity index (χ0n) is 6.56. The Morgan fingerprint density at radius 2 is 2.08 bits per heavy atom. The van der Waals surface area contributed by atoms with Crippen molar-refractivity contribution in [3.05, 3.63) is 10.0 Å². The molecule has 1 heterocycles. The van der Waals surface area contributed by atoms with Crippen molar-refractivity contribution in [1.82, 2.24) is 0 Å². The smallest absolute Gasteiger partial charge is 0.232 e. The molecule has 0 bridgehead atoms. The molecule has 74 valence electrons. The Bertz CT molecular complexity index is 485. The summed E-state index contributed by atoms with van der Waals surface area (Å²) in [6.45, 7) is 1.36. The minimum Gasteiger partial charge on any atom is -0.232 e. The topological polar surface area (TPSA) is 80.6 Å². The van der Waals surface area contributed by atoms with Crippen LogP contribution in [0.25, 0.3) is 0 Å². The summed E-state index contributed by atoms with van der Waals surface area (Å²) in [5, 5.41) is 0. The van der Waals surface area contributed by atoms with Gasteiger partial charge in [0.05, 0.1) is 12.0 Å². The lowest BCUT2D eigenvalue weighted by Crippen LogP contribution is -2.23. The van der Waals surface area contributed by atoms with E-state index in [1.165, 1.54) is 6.92 Å². The Morgan fingerprint density at radius 1 is 1.54 bits per heavy atom. The molecule has 0 aromatic rings. The second kappa shape index (κ2) is 3.18. The highest BCUT2D eigenvalue weighted by Gasteiger charge is 2.36. The van der Waals surface area contributed by atoms with Crippen LogP contribution in [0.2, 0.25) is 0 Å². The SMILES string of the molecule is CCS(=O)(=O)C1=NC=C(Br)S1(=O)=O. The van der Waals surface area contributed by atoms with E-state index < -0.39 is 24.1 Å². The summed E-state index contributed by atoms with van der Waals surface area (Å²) in [4.78, 5) is 3.34. The van der Waals surface area contributed by atoms with Gasteiger partial charge >= 0.3 is 0 Å². The number of halogens is 1. The predicted octanol–water partition coefficient (Wildman–Crippen LogP) is 0.399. The number of hydrogen-bond donors (Lipinski definition) is 0. The van der Waals surface area contributed by atoms with E-state index >= 15 is 0 Å². The van der Waals surface area contributed by atoms with Gasteiger partial charge in [-0.1, -0.05) is 6.92 Å². The van der Waals surface area contributed by atoms with Gasteiger partial charge < -0.3 is 0 Å². The summed E-state index contributed by atoms with van der Waals surface area (Å²) in [5.41, 5.74) is 0. The quantitative estimate of drug-likeness (QED) is 0.699. The van der Waals surface area contributed by atoms with Gasteiger partial charge in [0.25, 0.3) is 4.38 Å². The molecule has 0 spiro atoms. The van der Waals surface area contributed by atoms with Crippen molar-refractivity contribution in [3.8, 4) is 0 Å². The minimum atomic E-state index is -3.90. The zero-order chi connectivity index (χ0) is 10.3. The average molecular weight is 288 g/mol. The molecular weight excluding hydrogens is 282 g/mol. The monoisotopic (exact) mass is 287 g/mol. The maximum atomic E-state index is 11.3. The van der Waals surface area contributed by atoms with Crippen molar-refractivity contribution in [2.45, 2.75) is 6.92 Å². The maximum absolute atomic E-state index is 11.3. The van der Waals surface area contributed by atoms with Crippen LogP contribution in [-0.2, 0) is 19.7 Å². The largest absolute Gasteiger partial charge is 0.253 e. The third-order valence-electron chi connectivity index (χ3n) is 1.40. The fourth-order valence-corrected chi connectivity index (χ4v) is 4.55. The molecule has 0 radical (unpaired) electrons. The van der Waals surface area contributed by atoms with E-state index in [0.717, 1.165) is 6.20 Å². The number of hydrogen-bond acceptors (Lipinski definition) is 5. The lowest BCUT2D eigenvalue weighted by Gasteiger charge is -1.99. The van der Waals surface area contributed by atoms with E-state index in [4.69, 9.17) is 0 Å². The molecule has 1 aliphatic rings. The van der Waals surface area contributed by atoms with E-state index in [1.807, 2.05) is 0 Å². The van der Waals surface area contributed by atoms with Crippen LogP contribution in [-0.4, -0.2) is 27.0 Å². The second-order valence-electron chi connectivity index (χ2n) is 2.24. The van der Waals surface area contributed by atoms with Crippen LogP contribution in [0.1, 0.15) is 6.92 Å². The molecule has 0 saturated heterocycles. The number of aliphatic imine (C=N–C) groups is 1. The molecule has 0 fully saturated rings. The molecule has 0 aromatic heterocycles. The predicted molar refractivity (Wildman–Crippen MR) is 52.8 cm³/mol. The number of rotatable bonds is 1. The molecule has 0 N–H and O–H groups in total. The Balaban J connectivity index is 3.33. The van der Waals surface area contributed by atoms with E-state index in [0.29, 0.717) is 0 Å². The maximum Gasteiger partial charge on any atom is 0.253 e. The summed E-state index contributed by atoms with van der Waals surface area (Å²) >= 11 is 2.72. The van der Waals surface area contributed by atoms with E-state index in [1.54, 1.807) is 0 Å². The summed E-state index contributed by atoms with van der Waals surface area (Å²) in [6.07, 6.45) is 0.970. The molecule has 0 unspecified atom stereocenters. The highest BCUT2D eigenvalue weighted by atomic mass is 79.9. The highest BCUT2D eigenvalue weighted by molar-refractivity contribution is 9.14. The summed E-state index contributed by atoms with van der Waals surface area (Å²) < 4.78 is 44.0. The van der Waals surface area contributed by atoms with Crippen molar-refractivity contribution < 1.29 is 16.8 Å². The molecule has 1 aliphatic heterocycles. The Morgan fingerprint density at radius 3 is 2.38 bits per heavy atom. The average Bonchev–Trinajstić information content (AvgIpc) is 2.28. The normalized spacial score (nSPS) is 21.1. The Hall–Kier alpha value is -0.210. The third-order valence-corrected chi connectivity index (χ3v) is 6.89. The van der Waals surface area contributed by atoms with Crippen molar-refractivity contribution in [2.75, 3.05) is 5.75 Å². The van der Waals surface area contributed by atoms with E-state index in [-0.39, 0.29) is 9.57 Å². The molecule has 0 aromatic carbocycles. The van der Waals surface area contributed by atoms with Crippen LogP contribution in [0.4, 0.5) is 0 Å². The Kier molecular flexibility index (Phi) is 2.65. The van der Waals surface area contributed by atoms with Crippen LogP contribution in [0, 0.1) is 0 Å². The van der Waals surface area contributed by atoms with Gasteiger partial charge in [-0.15, -0.1) is 0 Å². The van der Waals surface area contributed by atoms with Crippen LogP contribution in [0.3, 0.4) is 0 Å².